The molecule has 0 spiro atoms. The first kappa shape index (κ1) is 15.2. The number of nitrogen functional groups attached to an aromatic ring is 1. The van der Waals surface area contributed by atoms with Gasteiger partial charge in [-0.3, -0.25) is 0 Å². The molecule has 0 radical (unpaired) electrons. The molecule has 21 heavy (non-hydrogen) atoms. The fourth-order valence-corrected chi connectivity index (χ4v) is 1.98. The highest BCUT2D eigenvalue weighted by Gasteiger charge is 2.11. The van der Waals surface area contributed by atoms with E-state index in [1.807, 2.05) is 12.1 Å². The van der Waals surface area contributed by atoms with Gasteiger partial charge in [0.2, 0.25) is 0 Å². The van der Waals surface area contributed by atoms with Gasteiger partial charge in [-0.1, -0.05) is 6.92 Å². The van der Waals surface area contributed by atoms with E-state index in [9.17, 15) is 0 Å². The van der Waals surface area contributed by atoms with Crippen molar-refractivity contribution in [2.75, 3.05) is 26.1 Å². The van der Waals surface area contributed by atoms with E-state index in [1.165, 1.54) is 0 Å². The summed E-state index contributed by atoms with van der Waals surface area (Å²) >= 11 is 0. The SMILES string of the molecule is CCCOCCCn1nnnc1-c1ccc(N)c(OC)c1. The van der Waals surface area contributed by atoms with Crippen LogP contribution >= 0.6 is 0 Å². The Bertz CT molecular complexity index is 570. The van der Waals surface area contributed by atoms with Crippen molar-refractivity contribution in [2.45, 2.75) is 26.3 Å². The summed E-state index contributed by atoms with van der Waals surface area (Å²) in [7, 11) is 1.59. The molecule has 0 aliphatic carbocycles. The lowest BCUT2D eigenvalue weighted by Gasteiger charge is -2.08. The summed E-state index contributed by atoms with van der Waals surface area (Å²) in [5, 5.41) is 11.8. The number of hydrogen-bond donors (Lipinski definition) is 1. The monoisotopic (exact) mass is 291 g/mol. The summed E-state index contributed by atoms with van der Waals surface area (Å²) in [4.78, 5) is 0. The molecule has 0 saturated heterocycles. The predicted molar refractivity (Wildman–Crippen MR) is 79.9 cm³/mol. The molecular weight excluding hydrogens is 270 g/mol. The summed E-state index contributed by atoms with van der Waals surface area (Å²) in [6.45, 7) is 4.29. The van der Waals surface area contributed by atoms with Crippen LogP contribution in [0.4, 0.5) is 5.69 Å². The summed E-state index contributed by atoms with van der Waals surface area (Å²) in [5.74, 6) is 1.32. The van der Waals surface area contributed by atoms with Crippen LogP contribution in [0, 0.1) is 0 Å². The molecule has 0 bridgehead atoms. The van der Waals surface area contributed by atoms with Gasteiger partial charge in [-0.2, -0.15) is 0 Å². The maximum absolute atomic E-state index is 5.82. The minimum Gasteiger partial charge on any atom is -0.495 e. The molecule has 0 aliphatic rings. The first-order chi connectivity index (χ1) is 10.3. The molecule has 0 saturated carbocycles. The Morgan fingerprint density at radius 3 is 2.90 bits per heavy atom. The summed E-state index contributed by atoms with van der Waals surface area (Å²) in [6, 6.07) is 5.51. The average Bonchev–Trinajstić information content (AvgIpc) is 2.96. The highest BCUT2D eigenvalue weighted by molar-refractivity contribution is 5.65. The number of benzene rings is 1. The van der Waals surface area contributed by atoms with Gasteiger partial charge in [0.05, 0.1) is 12.8 Å². The second-order valence-electron chi connectivity index (χ2n) is 4.65. The minimum atomic E-state index is 0.591. The molecule has 1 heterocycles. The van der Waals surface area contributed by atoms with Gasteiger partial charge < -0.3 is 15.2 Å². The number of tetrazole rings is 1. The lowest BCUT2D eigenvalue weighted by atomic mass is 10.2. The number of rotatable bonds is 8. The number of ether oxygens (including phenoxy) is 2. The van der Waals surface area contributed by atoms with Crippen LogP contribution in [0.25, 0.3) is 11.4 Å². The summed E-state index contributed by atoms with van der Waals surface area (Å²) < 4.78 is 12.5. The molecule has 0 aliphatic heterocycles. The fraction of sp³-hybridized carbons (Fsp3) is 0.500. The third-order valence-electron chi connectivity index (χ3n) is 3.03. The molecule has 7 heteroatoms. The van der Waals surface area contributed by atoms with Crippen LogP contribution in [0.1, 0.15) is 19.8 Å². The fourth-order valence-electron chi connectivity index (χ4n) is 1.98. The standard InChI is InChI=1S/C14H21N5O2/c1-3-8-21-9-4-7-19-14(16-17-18-19)11-5-6-12(15)13(10-11)20-2/h5-6,10H,3-4,7-9,15H2,1-2H3. The zero-order chi connectivity index (χ0) is 15.1. The number of nitrogens with zero attached hydrogens (tertiary/aromatic N) is 4. The van der Waals surface area contributed by atoms with Crippen LogP contribution < -0.4 is 10.5 Å². The third-order valence-corrected chi connectivity index (χ3v) is 3.03. The van der Waals surface area contributed by atoms with Crippen molar-refractivity contribution in [2.24, 2.45) is 0 Å². The normalized spacial score (nSPS) is 10.8. The highest BCUT2D eigenvalue weighted by atomic mass is 16.5. The van der Waals surface area contributed by atoms with Crippen LogP contribution in [0.3, 0.4) is 0 Å². The van der Waals surface area contributed by atoms with Gasteiger partial charge in [0.25, 0.3) is 0 Å². The van der Waals surface area contributed by atoms with Gasteiger partial charge in [0.1, 0.15) is 5.75 Å². The average molecular weight is 291 g/mol. The zero-order valence-corrected chi connectivity index (χ0v) is 12.5. The predicted octanol–water partition coefficient (Wildman–Crippen LogP) is 1.75. The van der Waals surface area contributed by atoms with Crippen molar-refractivity contribution in [1.82, 2.24) is 20.2 Å². The van der Waals surface area contributed by atoms with Crippen LogP contribution in [-0.4, -0.2) is 40.5 Å². The van der Waals surface area contributed by atoms with Gasteiger partial charge in [0, 0.05) is 25.3 Å². The molecule has 0 amide bonds. The molecule has 7 nitrogen and oxygen atoms in total. The Morgan fingerprint density at radius 1 is 1.29 bits per heavy atom. The molecule has 0 unspecified atom stereocenters. The van der Waals surface area contributed by atoms with E-state index in [-0.39, 0.29) is 0 Å². The van der Waals surface area contributed by atoms with E-state index >= 15 is 0 Å². The molecule has 0 fully saturated rings. The summed E-state index contributed by atoms with van der Waals surface area (Å²) in [5.41, 5.74) is 7.28. The molecule has 1 aromatic heterocycles. The van der Waals surface area contributed by atoms with Crippen molar-refractivity contribution in [1.29, 1.82) is 0 Å². The van der Waals surface area contributed by atoms with E-state index in [0.29, 0.717) is 30.4 Å². The lowest BCUT2D eigenvalue weighted by Crippen LogP contribution is -2.07. The maximum Gasteiger partial charge on any atom is 0.182 e. The molecule has 2 rings (SSSR count). The number of aromatic nitrogens is 4. The van der Waals surface area contributed by atoms with Gasteiger partial charge >= 0.3 is 0 Å². The quantitative estimate of drug-likeness (QED) is 0.589. The minimum absolute atomic E-state index is 0.591. The van der Waals surface area contributed by atoms with Crippen LogP contribution in [0.5, 0.6) is 5.75 Å². The van der Waals surface area contributed by atoms with Gasteiger partial charge in [0.15, 0.2) is 5.82 Å². The number of nitrogens with two attached hydrogens (primary N) is 1. The Balaban J connectivity index is 2.05. The molecule has 2 N–H and O–H groups in total. The van der Waals surface area contributed by atoms with E-state index in [2.05, 4.69) is 22.4 Å². The van der Waals surface area contributed by atoms with Gasteiger partial charge in [-0.05, 0) is 41.5 Å². The molecule has 1 aromatic carbocycles. The van der Waals surface area contributed by atoms with Gasteiger partial charge in [-0.15, -0.1) is 5.10 Å². The van der Waals surface area contributed by atoms with E-state index < -0.39 is 0 Å². The van der Waals surface area contributed by atoms with Crippen LogP contribution in [-0.2, 0) is 11.3 Å². The number of anilines is 1. The van der Waals surface area contributed by atoms with Gasteiger partial charge in [-0.25, -0.2) is 4.68 Å². The second kappa shape index (κ2) is 7.58. The zero-order valence-electron chi connectivity index (χ0n) is 12.5. The Labute approximate surface area is 124 Å². The maximum atomic E-state index is 5.82. The number of aryl methyl sites for hydroxylation is 1. The van der Waals surface area contributed by atoms with Crippen molar-refractivity contribution in [3.05, 3.63) is 18.2 Å². The largest absolute Gasteiger partial charge is 0.495 e. The third kappa shape index (κ3) is 3.91. The highest BCUT2D eigenvalue weighted by Crippen LogP contribution is 2.27. The van der Waals surface area contributed by atoms with Crippen molar-refractivity contribution >= 4 is 5.69 Å². The van der Waals surface area contributed by atoms with E-state index in [1.54, 1.807) is 17.9 Å². The van der Waals surface area contributed by atoms with E-state index in [0.717, 1.165) is 25.0 Å². The molecule has 2 aromatic rings. The van der Waals surface area contributed by atoms with Crippen molar-refractivity contribution in [3.63, 3.8) is 0 Å². The number of methoxy groups -OCH3 is 1. The topological polar surface area (TPSA) is 88.1 Å². The Hall–Kier alpha value is -2.15. The molecule has 114 valence electrons. The van der Waals surface area contributed by atoms with Crippen LogP contribution in [0.2, 0.25) is 0 Å². The Morgan fingerprint density at radius 2 is 2.14 bits per heavy atom. The van der Waals surface area contributed by atoms with E-state index in [4.69, 9.17) is 15.2 Å². The van der Waals surface area contributed by atoms with Crippen LogP contribution in [0.15, 0.2) is 18.2 Å². The van der Waals surface area contributed by atoms with Crippen molar-refractivity contribution in [3.8, 4) is 17.1 Å². The first-order valence-corrected chi connectivity index (χ1v) is 7.04. The second-order valence-corrected chi connectivity index (χ2v) is 4.65. The molecular formula is C14H21N5O2. The first-order valence-electron chi connectivity index (χ1n) is 7.04. The molecule has 0 atom stereocenters. The smallest absolute Gasteiger partial charge is 0.182 e. The lowest BCUT2D eigenvalue weighted by molar-refractivity contribution is 0.128. The number of hydrogen-bond acceptors (Lipinski definition) is 6. The van der Waals surface area contributed by atoms with Crippen molar-refractivity contribution < 1.29 is 9.47 Å². The Kier molecular flexibility index (Phi) is 5.51. The summed E-state index contributed by atoms with van der Waals surface area (Å²) in [6.07, 6.45) is 1.89.